The number of hydrogen-bond acceptors (Lipinski definition) is 3. The first-order valence-corrected chi connectivity index (χ1v) is 7.66. The van der Waals surface area contributed by atoms with Crippen LogP contribution in [0.2, 0.25) is 0 Å². The lowest BCUT2D eigenvalue weighted by Crippen LogP contribution is -2.57. The van der Waals surface area contributed by atoms with Crippen molar-refractivity contribution in [3.8, 4) is 0 Å². The van der Waals surface area contributed by atoms with Crippen molar-refractivity contribution in [1.29, 1.82) is 0 Å². The van der Waals surface area contributed by atoms with Crippen LogP contribution in [-0.4, -0.2) is 44.2 Å². The molecular weight excluding hydrogens is 302 g/mol. The van der Waals surface area contributed by atoms with E-state index in [1.54, 1.807) is 0 Å². The van der Waals surface area contributed by atoms with E-state index in [9.17, 15) is 0 Å². The zero-order valence-electron chi connectivity index (χ0n) is 12.1. The van der Waals surface area contributed by atoms with Gasteiger partial charge in [0.25, 0.3) is 0 Å². The van der Waals surface area contributed by atoms with Gasteiger partial charge in [-0.15, -0.1) is 0 Å². The zero-order valence-corrected chi connectivity index (χ0v) is 13.7. The Labute approximate surface area is 124 Å². The van der Waals surface area contributed by atoms with Crippen LogP contribution in [0.3, 0.4) is 0 Å². The highest BCUT2D eigenvalue weighted by molar-refractivity contribution is 9.10. The van der Waals surface area contributed by atoms with Crippen molar-refractivity contribution in [2.45, 2.75) is 25.3 Å². The third kappa shape index (κ3) is 2.96. The van der Waals surface area contributed by atoms with Gasteiger partial charge in [-0.2, -0.15) is 0 Å². The number of rotatable bonds is 3. The van der Waals surface area contributed by atoms with Gasteiger partial charge in [0.15, 0.2) is 0 Å². The monoisotopic (exact) mass is 325 g/mol. The minimum absolute atomic E-state index is 0.179. The van der Waals surface area contributed by atoms with Gasteiger partial charge in [-0.25, -0.2) is 0 Å². The summed E-state index contributed by atoms with van der Waals surface area (Å²) in [5, 5.41) is 0. The molecular formula is C15H24BrN3. The molecule has 3 nitrogen and oxygen atoms in total. The average Bonchev–Trinajstić information content (AvgIpc) is 2.42. The van der Waals surface area contributed by atoms with E-state index in [0.29, 0.717) is 0 Å². The summed E-state index contributed by atoms with van der Waals surface area (Å²) in [6.45, 7) is 5.01. The molecule has 0 amide bonds. The largest absolute Gasteiger partial charge is 0.371 e. The van der Waals surface area contributed by atoms with Crippen LogP contribution in [0.5, 0.6) is 0 Å². The first-order chi connectivity index (χ1) is 8.98. The molecule has 1 aromatic rings. The van der Waals surface area contributed by atoms with Crippen LogP contribution in [-0.2, 0) is 0 Å². The van der Waals surface area contributed by atoms with E-state index in [0.717, 1.165) is 32.5 Å². The second kappa shape index (κ2) is 5.81. The minimum Gasteiger partial charge on any atom is -0.371 e. The summed E-state index contributed by atoms with van der Waals surface area (Å²) in [5.74, 6) is 0. The Kier molecular flexibility index (Phi) is 4.54. The van der Waals surface area contributed by atoms with E-state index in [1.807, 2.05) is 0 Å². The van der Waals surface area contributed by atoms with Crippen LogP contribution in [0.1, 0.15) is 18.4 Å². The average molecular weight is 326 g/mol. The molecule has 0 aromatic heterocycles. The lowest BCUT2D eigenvalue weighted by Gasteiger charge is -2.46. The summed E-state index contributed by atoms with van der Waals surface area (Å²) in [5.41, 5.74) is 8.77. The first kappa shape index (κ1) is 14.8. The standard InChI is InChI=1S/C15H24BrN3/c1-12-4-5-13(10-14(12)16)19-8-6-15(11-17,7-9-19)18(2)3/h4-5,10H,6-9,11,17H2,1-3H3. The number of benzene rings is 1. The van der Waals surface area contributed by atoms with Gasteiger partial charge < -0.3 is 15.5 Å². The molecule has 1 fully saturated rings. The van der Waals surface area contributed by atoms with Gasteiger partial charge >= 0.3 is 0 Å². The van der Waals surface area contributed by atoms with E-state index in [-0.39, 0.29) is 5.54 Å². The topological polar surface area (TPSA) is 32.5 Å². The summed E-state index contributed by atoms with van der Waals surface area (Å²) in [6.07, 6.45) is 2.25. The lowest BCUT2D eigenvalue weighted by molar-refractivity contribution is 0.125. The molecule has 0 atom stereocenters. The van der Waals surface area contributed by atoms with Crippen molar-refractivity contribution in [3.63, 3.8) is 0 Å². The summed E-state index contributed by atoms with van der Waals surface area (Å²) in [7, 11) is 4.29. The van der Waals surface area contributed by atoms with Crippen LogP contribution in [0.4, 0.5) is 5.69 Å². The molecule has 2 N–H and O–H groups in total. The Bertz CT molecular complexity index is 437. The zero-order chi connectivity index (χ0) is 14.0. The predicted molar refractivity (Wildman–Crippen MR) is 85.8 cm³/mol. The van der Waals surface area contributed by atoms with Crippen molar-refractivity contribution in [1.82, 2.24) is 4.90 Å². The number of hydrogen-bond donors (Lipinski definition) is 1. The molecule has 1 aliphatic heterocycles. The first-order valence-electron chi connectivity index (χ1n) is 6.87. The molecule has 0 bridgehead atoms. The summed E-state index contributed by atoms with van der Waals surface area (Å²) in [4.78, 5) is 4.76. The molecule has 0 spiro atoms. The molecule has 1 aromatic carbocycles. The number of anilines is 1. The Hall–Kier alpha value is -0.580. The maximum atomic E-state index is 6.00. The van der Waals surface area contributed by atoms with Crippen LogP contribution >= 0.6 is 15.9 Å². The van der Waals surface area contributed by atoms with Gasteiger partial charge in [0.05, 0.1) is 0 Å². The SMILES string of the molecule is Cc1ccc(N2CCC(CN)(N(C)C)CC2)cc1Br. The van der Waals surface area contributed by atoms with E-state index < -0.39 is 0 Å². The second-order valence-corrected chi connectivity index (χ2v) is 6.60. The molecule has 106 valence electrons. The van der Waals surface area contributed by atoms with Crippen molar-refractivity contribution in [3.05, 3.63) is 28.2 Å². The van der Waals surface area contributed by atoms with Crippen molar-refractivity contribution < 1.29 is 0 Å². The van der Waals surface area contributed by atoms with E-state index in [1.165, 1.54) is 15.7 Å². The van der Waals surface area contributed by atoms with Crippen LogP contribution in [0.15, 0.2) is 22.7 Å². The molecule has 2 rings (SSSR count). The molecule has 0 aliphatic carbocycles. The Morgan fingerprint density at radius 3 is 2.42 bits per heavy atom. The maximum absolute atomic E-state index is 6.00. The fraction of sp³-hybridized carbons (Fsp3) is 0.600. The van der Waals surface area contributed by atoms with Gasteiger partial charge in [0.2, 0.25) is 0 Å². The quantitative estimate of drug-likeness (QED) is 0.927. The minimum atomic E-state index is 0.179. The molecule has 1 aliphatic rings. The fourth-order valence-corrected chi connectivity index (χ4v) is 3.16. The maximum Gasteiger partial charge on any atom is 0.0377 e. The molecule has 19 heavy (non-hydrogen) atoms. The van der Waals surface area contributed by atoms with Crippen molar-refractivity contribution >= 4 is 21.6 Å². The molecule has 4 heteroatoms. The Morgan fingerprint density at radius 1 is 1.32 bits per heavy atom. The number of halogens is 1. The summed E-state index contributed by atoms with van der Waals surface area (Å²) < 4.78 is 1.19. The van der Waals surface area contributed by atoms with Crippen LogP contribution in [0.25, 0.3) is 0 Å². The fourth-order valence-electron chi connectivity index (χ4n) is 2.79. The number of nitrogens with zero attached hydrogens (tertiary/aromatic N) is 2. The summed E-state index contributed by atoms with van der Waals surface area (Å²) in [6, 6.07) is 6.61. The van der Waals surface area contributed by atoms with Gasteiger partial charge in [-0.05, 0) is 51.6 Å². The second-order valence-electron chi connectivity index (χ2n) is 5.74. The van der Waals surface area contributed by atoms with Gasteiger partial charge in [-0.3, -0.25) is 0 Å². The molecule has 0 unspecified atom stereocenters. The smallest absolute Gasteiger partial charge is 0.0377 e. The third-order valence-electron chi connectivity index (χ3n) is 4.54. The van der Waals surface area contributed by atoms with Gasteiger partial charge in [-0.1, -0.05) is 22.0 Å². The number of aryl methyl sites for hydroxylation is 1. The van der Waals surface area contributed by atoms with Crippen LogP contribution < -0.4 is 10.6 Å². The highest BCUT2D eigenvalue weighted by Gasteiger charge is 2.35. The van der Waals surface area contributed by atoms with Crippen molar-refractivity contribution in [2.24, 2.45) is 5.73 Å². The Morgan fingerprint density at radius 2 is 1.95 bits per heavy atom. The molecule has 1 heterocycles. The number of piperidine rings is 1. The van der Waals surface area contributed by atoms with Crippen molar-refractivity contribution in [2.75, 3.05) is 38.6 Å². The van der Waals surface area contributed by atoms with E-state index >= 15 is 0 Å². The Balaban J connectivity index is 2.09. The van der Waals surface area contributed by atoms with Crippen LogP contribution in [0, 0.1) is 6.92 Å². The molecule has 1 saturated heterocycles. The van der Waals surface area contributed by atoms with E-state index in [4.69, 9.17) is 5.73 Å². The van der Waals surface area contributed by atoms with Gasteiger partial charge in [0.1, 0.15) is 0 Å². The molecule has 0 saturated carbocycles. The third-order valence-corrected chi connectivity index (χ3v) is 5.40. The van der Waals surface area contributed by atoms with E-state index in [2.05, 4.69) is 64.9 Å². The predicted octanol–water partition coefficient (Wildman–Crippen LogP) is 2.62. The highest BCUT2D eigenvalue weighted by Crippen LogP contribution is 2.31. The summed E-state index contributed by atoms with van der Waals surface area (Å²) >= 11 is 3.62. The lowest BCUT2D eigenvalue weighted by atomic mass is 9.86. The normalized spacial score (nSPS) is 18.9. The molecule has 0 radical (unpaired) electrons. The van der Waals surface area contributed by atoms with Gasteiger partial charge in [0, 0.05) is 35.3 Å². The number of nitrogens with two attached hydrogens (primary N) is 1. The number of likely N-dealkylation sites (N-methyl/N-ethyl adjacent to an activating group) is 1. The highest BCUT2D eigenvalue weighted by atomic mass is 79.9.